The van der Waals surface area contributed by atoms with E-state index in [4.69, 9.17) is 5.84 Å². The monoisotopic (exact) mass is 228 g/mol. The van der Waals surface area contributed by atoms with Gasteiger partial charge in [0.1, 0.15) is 0 Å². The summed E-state index contributed by atoms with van der Waals surface area (Å²) < 4.78 is 1.80. The lowest BCUT2D eigenvalue weighted by Crippen LogP contribution is -2.29. The van der Waals surface area contributed by atoms with Crippen LogP contribution in [0.15, 0.2) is 12.4 Å². The first-order valence-electron chi connectivity index (χ1n) is 5.23. The lowest BCUT2D eigenvalue weighted by atomic mass is 10.2. The summed E-state index contributed by atoms with van der Waals surface area (Å²) in [6.07, 6.45) is 5.05. The molecule has 0 aliphatic carbocycles. The molecule has 0 aliphatic rings. The Bertz CT molecular complexity index is 287. The third kappa shape index (κ3) is 3.85. The van der Waals surface area contributed by atoms with Crippen molar-refractivity contribution in [2.24, 2.45) is 12.9 Å². The second-order valence-electron chi connectivity index (χ2n) is 3.72. The van der Waals surface area contributed by atoms with E-state index in [0.717, 1.165) is 11.3 Å². The van der Waals surface area contributed by atoms with Gasteiger partial charge in [0.05, 0.1) is 12.2 Å². The highest BCUT2D eigenvalue weighted by molar-refractivity contribution is 7.99. The van der Waals surface area contributed by atoms with Gasteiger partial charge in [-0.2, -0.15) is 16.9 Å². The van der Waals surface area contributed by atoms with Gasteiger partial charge in [-0.3, -0.25) is 16.0 Å². The van der Waals surface area contributed by atoms with Crippen LogP contribution in [0, 0.1) is 0 Å². The van der Waals surface area contributed by atoms with Crippen molar-refractivity contribution in [3.05, 3.63) is 18.0 Å². The quantitative estimate of drug-likeness (QED) is 0.571. The lowest BCUT2D eigenvalue weighted by Gasteiger charge is -2.16. The molecular weight excluding hydrogens is 208 g/mol. The van der Waals surface area contributed by atoms with Gasteiger partial charge < -0.3 is 0 Å². The summed E-state index contributed by atoms with van der Waals surface area (Å²) in [5.41, 5.74) is 3.99. The zero-order valence-electron chi connectivity index (χ0n) is 9.60. The van der Waals surface area contributed by atoms with Gasteiger partial charge in [-0.1, -0.05) is 13.8 Å². The zero-order valence-corrected chi connectivity index (χ0v) is 10.4. The van der Waals surface area contributed by atoms with E-state index in [1.165, 1.54) is 6.42 Å². The number of nitrogens with one attached hydrogen (secondary N) is 1. The van der Waals surface area contributed by atoms with E-state index >= 15 is 0 Å². The first-order valence-corrected chi connectivity index (χ1v) is 6.28. The maximum atomic E-state index is 5.54. The van der Waals surface area contributed by atoms with Gasteiger partial charge in [-0.05, 0) is 6.42 Å². The summed E-state index contributed by atoms with van der Waals surface area (Å²) >= 11 is 1.93. The fraction of sp³-hybridized carbons (Fsp3) is 0.700. The molecule has 0 saturated carbocycles. The van der Waals surface area contributed by atoms with E-state index in [0.29, 0.717) is 5.25 Å². The number of nitrogens with two attached hydrogens (primary N) is 1. The SMILES string of the molecule is CCC(C)SCC(NN)c1cnn(C)c1. The molecule has 15 heavy (non-hydrogen) atoms. The van der Waals surface area contributed by atoms with Gasteiger partial charge in [0.25, 0.3) is 0 Å². The molecule has 5 heteroatoms. The third-order valence-corrected chi connectivity index (χ3v) is 3.88. The molecule has 1 rings (SSSR count). The molecule has 3 N–H and O–H groups in total. The Balaban J connectivity index is 2.49. The van der Waals surface area contributed by atoms with Gasteiger partial charge in [-0.25, -0.2) is 0 Å². The number of thioether (sulfide) groups is 1. The van der Waals surface area contributed by atoms with Crippen LogP contribution in [0.1, 0.15) is 31.9 Å². The minimum Gasteiger partial charge on any atom is -0.275 e. The van der Waals surface area contributed by atoms with Gasteiger partial charge in [-0.15, -0.1) is 0 Å². The first-order chi connectivity index (χ1) is 7.17. The molecule has 0 spiro atoms. The van der Waals surface area contributed by atoms with Crippen LogP contribution in [0.25, 0.3) is 0 Å². The van der Waals surface area contributed by atoms with E-state index < -0.39 is 0 Å². The highest BCUT2D eigenvalue weighted by atomic mass is 32.2. The summed E-state index contributed by atoms with van der Waals surface area (Å²) in [6, 6.07) is 0.192. The summed E-state index contributed by atoms with van der Waals surface area (Å²) in [7, 11) is 1.92. The Labute approximate surface area is 95.6 Å². The average Bonchev–Trinajstić information content (AvgIpc) is 2.65. The minimum atomic E-state index is 0.192. The van der Waals surface area contributed by atoms with Crippen molar-refractivity contribution in [1.82, 2.24) is 15.2 Å². The van der Waals surface area contributed by atoms with E-state index in [1.54, 1.807) is 4.68 Å². The number of aryl methyl sites for hydroxylation is 1. The molecule has 0 bridgehead atoms. The van der Waals surface area contributed by atoms with Crippen molar-refractivity contribution in [3.63, 3.8) is 0 Å². The van der Waals surface area contributed by atoms with Crippen LogP contribution in [0.5, 0.6) is 0 Å². The molecule has 1 aromatic heterocycles. The standard InChI is InChI=1S/C10H20N4S/c1-4-8(2)15-7-10(13-11)9-5-12-14(3)6-9/h5-6,8,10,13H,4,7,11H2,1-3H3. The van der Waals surface area contributed by atoms with Gasteiger partial charge in [0, 0.05) is 29.8 Å². The van der Waals surface area contributed by atoms with Crippen molar-refractivity contribution < 1.29 is 0 Å². The van der Waals surface area contributed by atoms with Gasteiger partial charge >= 0.3 is 0 Å². The van der Waals surface area contributed by atoms with Crippen LogP contribution in [-0.4, -0.2) is 20.8 Å². The molecule has 0 aliphatic heterocycles. The van der Waals surface area contributed by atoms with Crippen LogP contribution < -0.4 is 11.3 Å². The third-order valence-electron chi connectivity index (χ3n) is 2.45. The predicted octanol–water partition coefficient (Wildman–Crippen LogP) is 1.46. The van der Waals surface area contributed by atoms with Crippen LogP contribution in [0.4, 0.5) is 0 Å². The van der Waals surface area contributed by atoms with Crippen LogP contribution in [0.2, 0.25) is 0 Å². The van der Waals surface area contributed by atoms with Crippen LogP contribution in [-0.2, 0) is 7.05 Å². The highest BCUT2D eigenvalue weighted by Gasteiger charge is 2.12. The normalized spacial score (nSPS) is 15.2. The van der Waals surface area contributed by atoms with Crippen LogP contribution >= 0.6 is 11.8 Å². The maximum Gasteiger partial charge on any atom is 0.0581 e. The molecule has 2 atom stereocenters. The molecule has 1 aromatic rings. The topological polar surface area (TPSA) is 55.9 Å². The first kappa shape index (κ1) is 12.5. The number of hydrogen-bond acceptors (Lipinski definition) is 4. The summed E-state index contributed by atoms with van der Waals surface area (Å²) in [4.78, 5) is 0. The number of hydrogen-bond donors (Lipinski definition) is 2. The van der Waals surface area contributed by atoms with E-state index in [2.05, 4.69) is 24.4 Å². The largest absolute Gasteiger partial charge is 0.275 e. The summed E-state index contributed by atoms with van der Waals surface area (Å²) in [5.74, 6) is 6.52. The molecule has 0 saturated heterocycles. The van der Waals surface area contributed by atoms with E-state index in [9.17, 15) is 0 Å². The molecule has 0 aromatic carbocycles. The fourth-order valence-corrected chi connectivity index (χ4v) is 2.28. The summed E-state index contributed by atoms with van der Waals surface area (Å²) in [5, 5.41) is 4.82. The molecule has 4 nitrogen and oxygen atoms in total. The van der Waals surface area contributed by atoms with Crippen molar-refractivity contribution >= 4 is 11.8 Å². The Morgan fingerprint density at radius 3 is 2.87 bits per heavy atom. The van der Waals surface area contributed by atoms with Gasteiger partial charge in [0.15, 0.2) is 0 Å². The van der Waals surface area contributed by atoms with Crippen molar-refractivity contribution in [2.75, 3.05) is 5.75 Å². The minimum absolute atomic E-state index is 0.192. The van der Waals surface area contributed by atoms with Crippen molar-refractivity contribution in [2.45, 2.75) is 31.6 Å². The summed E-state index contributed by atoms with van der Waals surface area (Å²) in [6.45, 7) is 4.44. The smallest absolute Gasteiger partial charge is 0.0581 e. The second kappa shape index (κ2) is 6.15. The Morgan fingerprint density at radius 1 is 1.67 bits per heavy atom. The zero-order chi connectivity index (χ0) is 11.3. The highest BCUT2D eigenvalue weighted by Crippen LogP contribution is 2.21. The lowest BCUT2D eigenvalue weighted by molar-refractivity contribution is 0.608. The predicted molar refractivity (Wildman–Crippen MR) is 65.5 cm³/mol. The molecule has 0 amide bonds. The Morgan fingerprint density at radius 2 is 2.40 bits per heavy atom. The van der Waals surface area contributed by atoms with Gasteiger partial charge in [0.2, 0.25) is 0 Å². The fourth-order valence-electron chi connectivity index (χ4n) is 1.24. The molecule has 1 heterocycles. The Kier molecular flexibility index (Phi) is 5.14. The van der Waals surface area contributed by atoms with E-state index in [1.807, 2.05) is 31.2 Å². The number of hydrazine groups is 1. The average molecular weight is 228 g/mol. The molecule has 0 radical (unpaired) electrons. The molecule has 86 valence electrons. The second-order valence-corrected chi connectivity index (χ2v) is 5.19. The maximum absolute atomic E-state index is 5.54. The van der Waals surface area contributed by atoms with E-state index in [-0.39, 0.29) is 6.04 Å². The number of aromatic nitrogens is 2. The molecular formula is C10H20N4S. The van der Waals surface area contributed by atoms with Crippen LogP contribution in [0.3, 0.4) is 0 Å². The molecule has 0 fully saturated rings. The van der Waals surface area contributed by atoms with Crippen molar-refractivity contribution in [1.29, 1.82) is 0 Å². The molecule has 2 unspecified atom stereocenters. The number of nitrogens with zero attached hydrogens (tertiary/aromatic N) is 2. The number of rotatable bonds is 6. The Hall–Kier alpha value is -0.520. The van der Waals surface area contributed by atoms with Crippen molar-refractivity contribution in [3.8, 4) is 0 Å².